The number of methoxy groups -OCH3 is 1. The van der Waals surface area contributed by atoms with Crippen LogP contribution in [0.1, 0.15) is 19.4 Å². The molecule has 0 radical (unpaired) electrons. The number of ether oxygens (including phenoxy) is 1. The Morgan fingerprint density at radius 2 is 2.07 bits per heavy atom. The summed E-state index contributed by atoms with van der Waals surface area (Å²) in [6.45, 7) is 3.14. The lowest BCUT2D eigenvalue weighted by atomic mass is 9.93. The van der Waals surface area contributed by atoms with E-state index in [1.165, 1.54) is 13.2 Å². The van der Waals surface area contributed by atoms with Crippen molar-refractivity contribution in [2.45, 2.75) is 19.4 Å². The van der Waals surface area contributed by atoms with E-state index in [1.807, 2.05) is 0 Å². The van der Waals surface area contributed by atoms with Crippen molar-refractivity contribution >= 4 is 11.6 Å². The zero-order chi connectivity index (χ0) is 11.8. The zero-order valence-corrected chi connectivity index (χ0v) is 9.52. The van der Waals surface area contributed by atoms with Gasteiger partial charge in [0.2, 0.25) is 0 Å². The fourth-order valence-electron chi connectivity index (χ4n) is 1.33. The van der Waals surface area contributed by atoms with E-state index in [1.54, 1.807) is 13.8 Å². The number of rotatable bonds is 2. The van der Waals surface area contributed by atoms with Crippen molar-refractivity contribution in [3.8, 4) is 11.5 Å². The molecule has 15 heavy (non-hydrogen) atoms. The van der Waals surface area contributed by atoms with E-state index in [0.717, 1.165) is 0 Å². The molecular weight excluding hydrogens is 221 g/mol. The molecule has 0 amide bonds. The van der Waals surface area contributed by atoms with Gasteiger partial charge in [0.1, 0.15) is 5.75 Å². The van der Waals surface area contributed by atoms with Crippen molar-refractivity contribution in [1.29, 1.82) is 0 Å². The first-order chi connectivity index (χ1) is 6.79. The summed E-state index contributed by atoms with van der Waals surface area (Å²) in [6.07, 6.45) is 0. The molecule has 84 valence electrons. The van der Waals surface area contributed by atoms with Crippen LogP contribution in [0.3, 0.4) is 0 Å². The highest BCUT2D eigenvalue weighted by Gasteiger charge is 2.27. The van der Waals surface area contributed by atoms with E-state index < -0.39 is 11.4 Å². The van der Waals surface area contributed by atoms with Crippen LogP contribution in [0.4, 0.5) is 4.39 Å². The quantitative estimate of drug-likeness (QED) is 0.825. The fraction of sp³-hybridized carbons (Fsp3) is 0.400. The molecule has 0 aliphatic rings. The smallest absolute Gasteiger partial charge is 0.173 e. The normalized spacial score (nSPS) is 11.6. The molecular formula is C10H13ClFNO2. The van der Waals surface area contributed by atoms with Gasteiger partial charge in [0, 0.05) is 11.6 Å². The van der Waals surface area contributed by atoms with Crippen LogP contribution < -0.4 is 10.5 Å². The van der Waals surface area contributed by atoms with Gasteiger partial charge in [-0.2, -0.15) is 0 Å². The van der Waals surface area contributed by atoms with E-state index in [-0.39, 0.29) is 22.1 Å². The van der Waals surface area contributed by atoms with Gasteiger partial charge in [-0.05, 0) is 13.8 Å². The van der Waals surface area contributed by atoms with Gasteiger partial charge in [-0.15, -0.1) is 0 Å². The number of phenolic OH excluding ortho intramolecular Hbond substituents is 1. The summed E-state index contributed by atoms with van der Waals surface area (Å²) in [4.78, 5) is 0. The van der Waals surface area contributed by atoms with E-state index in [2.05, 4.69) is 0 Å². The van der Waals surface area contributed by atoms with Crippen molar-refractivity contribution in [3.05, 3.63) is 22.5 Å². The standard InChI is InChI=1S/C10H13ClFNO2/c1-10(2,13)7-8(12)6(15-3)4-5(11)9(7)14/h4,14H,13H2,1-3H3. The zero-order valence-electron chi connectivity index (χ0n) is 8.77. The Morgan fingerprint density at radius 3 is 2.47 bits per heavy atom. The SMILES string of the molecule is COc1cc(Cl)c(O)c(C(C)(C)N)c1F. The fourth-order valence-corrected chi connectivity index (χ4v) is 1.52. The Balaban J connectivity index is 3.55. The van der Waals surface area contributed by atoms with Crippen molar-refractivity contribution < 1.29 is 14.2 Å². The van der Waals surface area contributed by atoms with Crippen LogP contribution in [0.2, 0.25) is 5.02 Å². The minimum Gasteiger partial charge on any atom is -0.506 e. The number of phenols is 1. The van der Waals surface area contributed by atoms with Gasteiger partial charge in [0.15, 0.2) is 11.6 Å². The third kappa shape index (κ3) is 2.16. The largest absolute Gasteiger partial charge is 0.506 e. The predicted molar refractivity (Wildman–Crippen MR) is 56.8 cm³/mol. The lowest BCUT2D eigenvalue weighted by Crippen LogP contribution is -2.30. The summed E-state index contributed by atoms with van der Waals surface area (Å²) in [5.41, 5.74) is 4.65. The molecule has 0 saturated heterocycles. The number of halogens is 2. The van der Waals surface area contributed by atoms with Gasteiger partial charge in [0.25, 0.3) is 0 Å². The molecule has 0 atom stereocenters. The first-order valence-corrected chi connectivity index (χ1v) is 4.71. The van der Waals surface area contributed by atoms with Gasteiger partial charge in [-0.1, -0.05) is 11.6 Å². The number of hydrogen-bond acceptors (Lipinski definition) is 3. The van der Waals surface area contributed by atoms with Gasteiger partial charge in [0.05, 0.1) is 17.7 Å². The van der Waals surface area contributed by atoms with E-state index in [0.29, 0.717) is 0 Å². The highest BCUT2D eigenvalue weighted by molar-refractivity contribution is 6.32. The van der Waals surface area contributed by atoms with Crippen molar-refractivity contribution in [2.75, 3.05) is 7.11 Å². The highest BCUT2D eigenvalue weighted by Crippen LogP contribution is 2.40. The summed E-state index contributed by atoms with van der Waals surface area (Å²) < 4.78 is 18.6. The van der Waals surface area contributed by atoms with Crippen LogP contribution >= 0.6 is 11.6 Å². The average molecular weight is 234 g/mol. The van der Waals surface area contributed by atoms with Crippen molar-refractivity contribution in [1.82, 2.24) is 0 Å². The average Bonchev–Trinajstić information content (AvgIpc) is 2.09. The third-order valence-corrected chi connectivity index (χ3v) is 2.31. The third-order valence-electron chi connectivity index (χ3n) is 2.02. The number of nitrogens with two attached hydrogens (primary N) is 1. The molecule has 0 spiro atoms. The molecule has 0 bridgehead atoms. The van der Waals surface area contributed by atoms with Gasteiger partial charge in [-0.25, -0.2) is 4.39 Å². The maximum absolute atomic E-state index is 13.8. The molecule has 0 unspecified atom stereocenters. The summed E-state index contributed by atoms with van der Waals surface area (Å²) in [6, 6.07) is 1.21. The molecule has 0 aliphatic heterocycles. The first-order valence-electron chi connectivity index (χ1n) is 4.33. The number of aromatic hydroxyl groups is 1. The van der Waals surface area contributed by atoms with E-state index in [4.69, 9.17) is 22.1 Å². The second kappa shape index (κ2) is 3.87. The molecule has 5 heteroatoms. The Kier molecular flexibility index (Phi) is 3.11. The Morgan fingerprint density at radius 1 is 1.53 bits per heavy atom. The Labute approximate surface area is 92.6 Å². The van der Waals surface area contributed by atoms with Gasteiger partial charge >= 0.3 is 0 Å². The van der Waals surface area contributed by atoms with Crippen LogP contribution in [-0.2, 0) is 5.54 Å². The molecule has 0 heterocycles. The molecule has 0 aromatic heterocycles. The monoisotopic (exact) mass is 233 g/mol. The highest BCUT2D eigenvalue weighted by atomic mass is 35.5. The maximum Gasteiger partial charge on any atom is 0.173 e. The molecule has 1 aromatic carbocycles. The van der Waals surface area contributed by atoms with Gasteiger partial charge in [-0.3, -0.25) is 0 Å². The predicted octanol–water partition coefficient (Wildman–Crippen LogP) is 2.39. The summed E-state index contributed by atoms with van der Waals surface area (Å²) >= 11 is 5.72. The minimum absolute atomic E-state index is 0.0155. The molecule has 3 nitrogen and oxygen atoms in total. The summed E-state index contributed by atoms with van der Waals surface area (Å²) in [5.74, 6) is -1.07. The molecule has 0 fully saturated rings. The molecule has 3 N–H and O–H groups in total. The summed E-state index contributed by atoms with van der Waals surface area (Å²) in [7, 11) is 1.32. The van der Waals surface area contributed by atoms with Gasteiger partial charge < -0.3 is 15.6 Å². The van der Waals surface area contributed by atoms with Crippen LogP contribution in [0.25, 0.3) is 0 Å². The van der Waals surface area contributed by atoms with E-state index in [9.17, 15) is 9.50 Å². The van der Waals surface area contributed by atoms with Crippen LogP contribution in [0.15, 0.2) is 6.07 Å². The van der Waals surface area contributed by atoms with Crippen LogP contribution in [0.5, 0.6) is 11.5 Å². The Bertz CT molecular complexity index is 388. The first kappa shape index (κ1) is 12.1. The second-order valence-corrected chi connectivity index (χ2v) is 4.23. The minimum atomic E-state index is -1.04. The lowest BCUT2D eigenvalue weighted by Gasteiger charge is -2.22. The lowest BCUT2D eigenvalue weighted by molar-refractivity contribution is 0.365. The summed E-state index contributed by atoms with van der Waals surface area (Å²) in [5, 5.41) is 9.64. The van der Waals surface area contributed by atoms with Crippen molar-refractivity contribution in [2.24, 2.45) is 5.73 Å². The molecule has 0 aliphatic carbocycles. The molecule has 1 aromatic rings. The van der Waals surface area contributed by atoms with Crippen LogP contribution in [0, 0.1) is 5.82 Å². The Hall–Kier alpha value is -1.00. The maximum atomic E-state index is 13.8. The number of hydrogen-bond donors (Lipinski definition) is 2. The topological polar surface area (TPSA) is 55.5 Å². The van der Waals surface area contributed by atoms with Crippen LogP contribution in [-0.4, -0.2) is 12.2 Å². The molecule has 1 rings (SSSR count). The number of benzene rings is 1. The molecule has 0 saturated carbocycles. The second-order valence-electron chi connectivity index (χ2n) is 3.82. The van der Waals surface area contributed by atoms with E-state index >= 15 is 0 Å². The van der Waals surface area contributed by atoms with Crippen molar-refractivity contribution in [3.63, 3.8) is 0 Å².